The van der Waals surface area contributed by atoms with Crippen LogP contribution in [0, 0.1) is 16.0 Å². The van der Waals surface area contributed by atoms with Crippen molar-refractivity contribution in [2.24, 2.45) is 5.92 Å². The molecule has 2 aromatic rings. The second-order valence-corrected chi connectivity index (χ2v) is 8.31. The summed E-state index contributed by atoms with van der Waals surface area (Å²) in [7, 11) is 0. The summed E-state index contributed by atoms with van der Waals surface area (Å²) in [6.07, 6.45) is 4.66. The lowest BCUT2D eigenvalue weighted by atomic mass is 9.76. The van der Waals surface area contributed by atoms with E-state index in [4.69, 9.17) is 14.6 Å². The van der Waals surface area contributed by atoms with Gasteiger partial charge in [0.1, 0.15) is 11.7 Å². The zero-order valence-electron chi connectivity index (χ0n) is 17.4. The lowest BCUT2D eigenvalue weighted by molar-refractivity contribution is -0.384. The van der Waals surface area contributed by atoms with Crippen LogP contribution in [0.3, 0.4) is 0 Å². The van der Waals surface area contributed by atoms with Gasteiger partial charge in [0.15, 0.2) is 11.5 Å². The summed E-state index contributed by atoms with van der Waals surface area (Å²) in [6, 6.07) is 10.3. The van der Waals surface area contributed by atoms with Gasteiger partial charge in [0, 0.05) is 5.56 Å². The minimum absolute atomic E-state index is 0.00480. The highest BCUT2D eigenvalue weighted by Gasteiger charge is 2.30. The monoisotopic (exact) mass is 426 g/mol. The van der Waals surface area contributed by atoms with Gasteiger partial charge in [-0.1, -0.05) is 18.2 Å². The normalized spacial score (nSPS) is 20.8. The number of ether oxygens (including phenoxy) is 2. The third kappa shape index (κ3) is 4.57. The number of carbonyl (C=O) groups is 1. The van der Waals surface area contributed by atoms with Gasteiger partial charge in [0.2, 0.25) is 6.79 Å². The molecule has 164 valence electrons. The molecular formula is C23H26N2O6. The van der Waals surface area contributed by atoms with E-state index in [0.717, 1.165) is 43.6 Å². The van der Waals surface area contributed by atoms with E-state index in [-0.39, 0.29) is 24.1 Å². The highest BCUT2D eigenvalue weighted by molar-refractivity contribution is 5.79. The number of hydrogen-bond acceptors (Lipinski definition) is 6. The maximum absolute atomic E-state index is 11.8. The summed E-state index contributed by atoms with van der Waals surface area (Å²) in [5, 5.41) is 23.7. The van der Waals surface area contributed by atoms with Crippen molar-refractivity contribution in [3.8, 4) is 11.5 Å². The molecule has 31 heavy (non-hydrogen) atoms. The van der Waals surface area contributed by atoms with Gasteiger partial charge >= 0.3 is 5.97 Å². The molecule has 8 nitrogen and oxygen atoms in total. The predicted octanol–water partition coefficient (Wildman–Crippen LogP) is 4.73. The van der Waals surface area contributed by atoms with Crippen LogP contribution in [0.1, 0.15) is 49.7 Å². The van der Waals surface area contributed by atoms with Crippen molar-refractivity contribution in [1.82, 2.24) is 0 Å². The zero-order valence-corrected chi connectivity index (χ0v) is 17.4. The predicted molar refractivity (Wildman–Crippen MR) is 115 cm³/mol. The van der Waals surface area contributed by atoms with Crippen LogP contribution in [0.4, 0.5) is 11.4 Å². The van der Waals surface area contributed by atoms with Gasteiger partial charge in [-0.05, 0) is 74.6 Å². The first-order chi connectivity index (χ1) is 14.9. The molecule has 2 aliphatic rings. The lowest BCUT2D eigenvalue weighted by Gasteiger charge is -2.29. The molecule has 2 N–H and O–H groups in total. The first kappa shape index (κ1) is 21.0. The van der Waals surface area contributed by atoms with Crippen molar-refractivity contribution in [3.05, 3.63) is 57.6 Å². The Labute approximate surface area is 180 Å². The van der Waals surface area contributed by atoms with Gasteiger partial charge in [0.05, 0.1) is 4.92 Å². The van der Waals surface area contributed by atoms with Gasteiger partial charge < -0.3 is 19.9 Å². The molecule has 1 unspecified atom stereocenters. The molecule has 1 aliphatic heterocycles. The van der Waals surface area contributed by atoms with Crippen molar-refractivity contribution in [1.29, 1.82) is 0 Å². The quantitative estimate of drug-likeness (QED) is 0.486. The molecule has 1 fully saturated rings. The van der Waals surface area contributed by atoms with Crippen LogP contribution >= 0.6 is 0 Å². The van der Waals surface area contributed by atoms with Crippen LogP contribution in [-0.2, 0) is 11.2 Å². The van der Waals surface area contributed by atoms with Crippen LogP contribution in [-0.4, -0.2) is 28.8 Å². The number of fused-ring (bicyclic) bond motifs is 1. The maximum Gasteiger partial charge on any atom is 0.325 e. The molecule has 1 aliphatic carbocycles. The van der Waals surface area contributed by atoms with Crippen LogP contribution in [0.15, 0.2) is 36.4 Å². The number of nitrogens with one attached hydrogen (secondary N) is 1. The topological polar surface area (TPSA) is 111 Å². The molecule has 0 bridgehead atoms. The third-order valence-corrected chi connectivity index (χ3v) is 6.24. The first-order valence-electron chi connectivity index (χ1n) is 10.6. The largest absolute Gasteiger partial charge is 0.480 e. The number of nitro benzene ring substituents is 1. The van der Waals surface area contributed by atoms with Gasteiger partial charge in [0.25, 0.3) is 5.69 Å². The molecule has 4 rings (SSSR count). The van der Waals surface area contributed by atoms with Gasteiger partial charge in [-0.3, -0.25) is 14.9 Å². The fourth-order valence-corrected chi connectivity index (χ4v) is 4.58. The number of rotatable bonds is 7. The average molecular weight is 426 g/mol. The Kier molecular flexibility index (Phi) is 5.97. The van der Waals surface area contributed by atoms with E-state index in [0.29, 0.717) is 11.5 Å². The second-order valence-electron chi connectivity index (χ2n) is 8.31. The van der Waals surface area contributed by atoms with Crippen molar-refractivity contribution < 1.29 is 24.3 Å². The SMILES string of the molecule is CC(Nc1cccc(C2CCC(Cc3ccc4c(c3)OCO4)CC2)c1[N+](=O)[O-])C(=O)O. The summed E-state index contributed by atoms with van der Waals surface area (Å²) in [4.78, 5) is 22.6. The molecule has 1 saturated carbocycles. The Hall–Kier alpha value is -3.29. The Bertz CT molecular complexity index is 984. The summed E-state index contributed by atoms with van der Waals surface area (Å²) in [5.41, 5.74) is 2.16. The van der Waals surface area contributed by atoms with Crippen LogP contribution in [0.2, 0.25) is 0 Å². The molecule has 0 aromatic heterocycles. The van der Waals surface area contributed by atoms with Crippen LogP contribution in [0.5, 0.6) is 11.5 Å². The van der Waals surface area contributed by atoms with Crippen LogP contribution in [0.25, 0.3) is 0 Å². The van der Waals surface area contributed by atoms with Crippen molar-refractivity contribution in [3.63, 3.8) is 0 Å². The number of benzene rings is 2. The minimum atomic E-state index is -1.05. The summed E-state index contributed by atoms with van der Waals surface area (Å²) in [5.74, 6) is 1.13. The fraction of sp³-hybridized carbons (Fsp3) is 0.435. The summed E-state index contributed by atoms with van der Waals surface area (Å²) < 4.78 is 10.8. The van der Waals surface area contributed by atoms with E-state index in [1.165, 1.54) is 12.5 Å². The molecule has 1 heterocycles. The lowest BCUT2D eigenvalue weighted by Crippen LogP contribution is -2.26. The maximum atomic E-state index is 11.8. The van der Waals surface area contributed by atoms with E-state index >= 15 is 0 Å². The number of aliphatic carboxylic acids is 1. The van der Waals surface area contributed by atoms with Gasteiger partial charge in [-0.15, -0.1) is 0 Å². The van der Waals surface area contributed by atoms with E-state index < -0.39 is 16.9 Å². The number of anilines is 1. The Morgan fingerprint density at radius 2 is 1.94 bits per heavy atom. The average Bonchev–Trinajstić information content (AvgIpc) is 3.22. The molecule has 0 radical (unpaired) electrons. The number of nitro groups is 1. The molecule has 1 atom stereocenters. The third-order valence-electron chi connectivity index (χ3n) is 6.24. The van der Waals surface area contributed by atoms with E-state index in [9.17, 15) is 14.9 Å². The zero-order chi connectivity index (χ0) is 22.0. The Morgan fingerprint density at radius 1 is 1.19 bits per heavy atom. The molecule has 2 aromatic carbocycles. The molecule has 0 saturated heterocycles. The number of para-hydroxylation sites is 1. The number of hydrogen-bond donors (Lipinski definition) is 2. The number of nitrogens with zero attached hydrogens (tertiary/aromatic N) is 1. The van der Waals surface area contributed by atoms with E-state index in [1.807, 2.05) is 12.1 Å². The van der Waals surface area contributed by atoms with Crippen molar-refractivity contribution >= 4 is 17.3 Å². The standard InChI is InChI=1S/C23H26N2O6/c1-14(23(26)27)24-19-4-2-3-18(22(19)25(28)29)17-8-5-15(6-9-17)11-16-7-10-20-21(12-16)31-13-30-20/h2-4,7,10,12,14-15,17,24H,5-6,8-9,11,13H2,1H3,(H,26,27). The fourth-order valence-electron chi connectivity index (χ4n) is 4.58. The van der Waals surface area contributed by atoms with Gasteiger partial charge in [-0.2, -0.15) is 0 Å². The molecule has 8 heteroatoms. The van der Waals surface area contributed by atoms with Crippen molar-refractivity contribution in [2.45, 2.75) is 51.0 Å². The second kappa shape index (κ2) is 8.83. The van der Waals surface area contributed by atoms with E-state index in [2.05, 4.69) is 11.4 Å². The molecule has 0 spiro atoms. The van der Waals surface area contributed by atoms with Crippen LogP contribution < -0.4 is 14.8 Å². The van der Waals surface area contributed by atoms with Gasteiger partial charge in [-0.25, -0.2) is 0 Å². The Morgan fingerprint density at radius 3 is 2.65 bits per heavy atom. The number of carboxylic acid groups (broad SMARTS) is 1. The summed E-state index contributed by atoms with van der Waals surface area (Å²) in [6.45, 7) is 1.74. The van der Waals surface area contributed by atoms with E-state index in [1.54, 1.807) is 18.2 Å². The highest BCUT2D eigenvalue weighted by atomic mass is 16.7. The smallest absolute Gasteiger partial charge is 0.325 e. The number of carboxylic acids is 1. The first-order valence-corrected chi connectivity index (χ1v) is 10.6. The Balaban J connectivity index is 1.44. The van der Waals surface area contributed by atoms with Crippen molar-refractivity contribution in [2.75, 3.05) is 12.1 Å². The molecule has 0 amide bonds. The summed E-state index contributed by atoms with van der Waals surface area (Å²) >= 11 is 0. The molecular weight excluding hydrogens is 400 g/mol. The highest BCUT2D eigenvalue weighted by Crippen LogP contribution is 2.43. The minimum Gasteiger partial charge on any atom is -0.480 e.